The largest absolute Gasteiger partial charge is 0.508 e. The van der Waals surface area contributed by atoms with Crippen LogP contribution in [0.1, 0.15) is 89.3 Å². The van der Waals surface area contributed by atoms with Gasteiger partial charge in [-0.25, -0.2) is 0 Å². The number of ether oxygens (including phenoxy) is 1. The van der Waals surface area contributed by atoms with Gasteiger partial charge < -0.3 is 9.84 Å². The van der Waals surface area contributed by atoms with E-state index in [1.165, 1.54) is 6.08 Å². The molecule has 1 aromatic carbocycles. The van der Waals surface area contributed by atoms with Crippen molar-refractivity contribution in [1.82, 2.24) is 0 Å². The molecule has 1 aliphatic rings. The summed E-state index contributed by atoms with van der Waals surface area (Å²) in [6.07, 6.45) is 5.96. The number of allylic oxidation sites excluding steroid dienone is 6. The Morgan fingerprint density at radius 1 is 1.03 bits per heavy atom. The third kappa shape index (κ3) is 7.97. The quantitative estimate of drug-likeness (QED) is 0.370. The zero-order valence-corrected chi connectivity index (χ0v) is 21.0. The number of halogens is 3. The van der Waals surface area contributed by atoms with Crippen LogP contribution in [0.5, 0.6) is 11.5 Å². The Bertz CT molecular complexity index is 918. The first-order chi connectivity index (χ1) is 15.3. The standard InChI is InChI=1S/C28H39F3O2/c1-19(2)10-7-13-24(28(29,30)31)14-8-11-20(3)12-9-16-27(6)17-15-23-18-25(32)21(4)22(5)26(23)33-27/h10,12,14,18,32H,7-9,11,13,15-17H2,1-6H3/b20-12+,24-14-. The summed E-state index contributed by atoms with van der Waals surface area (Å²) in [7, 11) is 0. The van der Waals surface area contributed by atoms with Gasteiger partial charge in [-0.05, 0) is 116 Å². The number of phenolic OH excluding ortho intramolecular Hbond substituents is 1. The van der Waals surface area contributed by atoms with E-state index in [0.717, 1.165) is 59.3 Å². The van der Waals surface area contributed by atoms with E-state index in [-0.39, 0.29) is 12.0 Å². The van der Waals surface area contributed by atoms with Gasteiger partial charge in [-0.15, -0.1) is 0 Å². The van der Waals surface area contributed by atoms with E-state index < -0.39 is 11.7 Å². The lowest BCUT2D eigenvalue weighted by atomic mass is 9.87. The predicted octanol–water partition coefficient (Wildman–Crippen LogP) is 8.83. The number of aryl methyl sites for hydroxylation is 1. The monoisotopic (exact) mass is 464 g/mol. The first-order valence-electron chi connectivity index (χ1n) is 11.9. The summed E-state index contributed by atoms with van der Waals surface area (Å²) in [6.45, 7) is 11.8. The second-order valence-corrected chi connectivity index (χ2v) is 9.86. The van der Waals surface area contributed by atoms with Crippen molar-refractivity contribution in [2.24, 2.45) is 0 Å². The SMILES string of the molecule is CC(C)=CCC/C(=C/CC/C(C)=C/CCC1(C)CCc2cc(O)c(C)c(C)c2O1)C(F)(F)F. The second kappa shape index (κ2) is 11.3. The molecule has 0 radical (unpaired) electrons. The second-order valence-electron chi connectivity index (χ2n) is 9.86. The van der Waals surface area contributed by atoms with Gasteiger partial charge in [0.15, 0.2) is 0 Å². The van der Waals surface area contributed by atoms with Crippen LogP contribution in [0.25, 0.3) is 0 Å². The Balaban J connectivity index is 1.91. The van der Waals surface area contributed by atoms with Gasteiger partial charge in [-0.1, -0.05) is 29.4 Å². The van der Waals surface area contributed by atoms with E-state index in [2.05, 4.69) is 13.0 Å². The van der Waals surface area contributed by atoms with Crippen molar-refractivity contribution < 1.29 is 23.0 Å². The van der Waals surface area contributed by atoms with Crippen LogP contribution in [0.15, 0.2) is 41.0 Å². The highest BCUT2D eigenvalue weighted by Crippen LogP contribution is 2.41. The summed E-state index contributed by atoms with van der Waals surface area (Å²) in [5.74, 6) is 1.20. The zero-order valence-electron chi connectivity index (χ0n) is 21.0. The van der Waals surface area contributed by atoms with Crippen LogP contribution in [-0.2, 0) is 6.42 Å². The number of aromatic hydroxyl groups is 1. The molecule has 33 heavy (non-hydrogen) atoms. The van der Waals surface area contributed by atoms with Gasteiger partial charge in [0.05, 0.1) is 0 Å². The minimum absolute atomic E-state index is 0.0330. The Morgan fingerprint density at radius 3 is 2.33 bits per heavy atom. The van der Waals surface area contributed by atoms with Crippen LogP contribution < -0.4 is 4.74 Å². The number of alkyl halides is 3. The summed E-state index contributed by atoms with van der Waals surface area (Å²) >= 11 is 0. The molecule has 0 fully saturated rings. The lowest BCUT2D eigenvalue weighted by molar-refractivity contribution is -0.0941. The van der Waals surface area contributed by atoms with Crippen molar-refractivity contribution in [3.05, 3.63) is 57.7 Å². The Morgan fingerprint density at radius 2 is 1.70 bits per heavy atom. The summed E-state index contributed by atoms with van der Waals surface area (Å²) in [6, 6.07) is 1.81. The van der Waals surface area contributed by atoms with Crippen molar-refractivity contribution in [3.63, 3.8) is 0 Å². The highest BCUT2D eigenvalue weighted by molar-refractivity contribution is 5.53. The average Bonchev–Trinajstić information content (AvgIpc) is 2.71. The zero-order chi connectivity index (χ0) is 24.8. The molecule has 1 N–H and O–H groups in total. The van der Waals surface area contributed by atoms with Crippen molar-refractivity contribution in [1.29, 1.82) is 0 Å². The normalized spacial score (nSPS) is 19.2. The van der Waals surface area contributed by atoms with Crippen LogP contribution in [-0.4, -0.2) is 16.9 Å². The molecule has 1 aliphatic heterocycles. The fourth-order valence-electron chi connectivity index (χ4n) is 4.22. The third-order valence-corrected chi connectivity index (χ3v) is 6.59. The van der Waals surface area contributed by atoms with Gasteiger partial charge in [0.1, 0.15) is 17.1 Å². The van der Waals surface area contributed by atoms with Gasteiger partial charge >= 0.3 is 6.18 Å². The lowest BCUT2D eigenvalue weighted by Gasteiger charge is -2.37. The molecular formula is C28H39F3O2. The molecule has 2 nitrogen and oxygen atoms in total. The number of hydrogen-bond donors (Lipinski definition) is 1. The molecule has 0 saturated heterocycles. The highest BCUT2D eigenvalue weighted by atomic mass is 19.4. The maximum atomic E-state index is 13.3. The Kier molecular flexibility index (Phi) is 9.28. The molecule has 1 heterocycles. The smallest absolute Gasteiger partial charge is 0.412 e. The Hall–Kier alpha value is -2.17. The van der Waals surface area contributed by atoms with E-state index in [1.807, 2.05) is 46.8 Å². The topological polar surface area (TPSA) is 29.5 Å². The van der Waals surface area contributed by atoms with Gasteiger partial charge in [-0.2, -0.15) is 13.2 Å². The predicted molar refractivity (Wildman–Crippen MR) is 130 cm³/mol. The van der Waals surface area contributed by atoms with Crippen LogP contribution in [0, 0.1) is 13.8 Å². The van der Waals surface area contributed by atoms with Crippen molar-refractivity contribution in [2.75, 3.05) is 0 Å². The molecule has 1 aromatic rings. The molecule has 5 heteroatoms. The maximum absolute atomic E-state index is 13.3. The number of rotatable bonds is 9. The third-order valence-electron chi connectivity index (χ3n) is 6.59. The highest BCUT2D eigenvalue weighted by Gasteiger charge is 2.33. The molecule has 2 rings (SSSR count). The molecular weight excluding hydrogens is 425 g/mol. The molecule has 0 bridgehead atoms. The summed E-state index contributed by atoms with van der Waals surface area (Å²) < 4.78 is 46.2. The van der Waals surface area contributed by atoms with E-state index >= 15 is 0 Å². The van der Waals surface area contributed by atoms with Crippen molar-refractivity contribution in [3.8, 4) is 11.5 Å². The minimum atomic E-state index is -4.26. The Labute approximate surface area is 197 Å². The van der Waals surface area contributed by atoms with Gasteiger partial charge in [0, 0.05) is 5.57 Å². The molecule has 0 saturated carbocycles. The molecule has 0 amide bonds. The fourth-order valence-corrected chi connectivity index (χ4v) is 4.22. The number of fused-ring (bicyclic) bond motifs is 1. The van der Waals surface area contributed by atoms with Gasteiger partial charge in [0.2, 0.25) is 0 Å². The number of benzene rings is 1. The molecule has 1 unspecified atom stereocenters. The summed E-state index contributed by atoms with van der Waals surface area (Å²) in [5.41, 5.74) is 4.32. The average molecular weight is 465 g/mol. The van der Waals surface area contributed by atoms with Gasteiger partial charge in [-0.3, -0.25) is 0 Å². The molecule has 0 spiro atoms. The molecule has 0 aliphatic carbocycles. The van der Waals surface area contributed by atoms with Crippen LogP contribution in [0.4, 0.5) is 13.2 Å². The van der Waals surface area contributed by atoms with E-state index in [4.69, 9.17) is 4.74 Å². The molecule has 184 valence electrons. The van der Waals surface area contributed by atoms with Crippen molar-refractivity contribution >= 4 is 0 Å². The van der Waals surface area contributed by atoms with Crippen LogP contribution in [0.2, 0.25) is 0 Å². The first kappa shape index (κ1) is 27.1. The molecule has 1 atom stereocenters. The lowest BCUT2D eigenvalue weighted by Crippen LogP contribution is -2.36. The fraction of sp³-hybridized carbons (Fsp3) is 0.571. The van der Waals surface area contributed by atoms with Crippen LogP contribution in [0.3, 0.4) is 0 Å². The minimum Gasteiger partial charge on any atom is -0.508 e. The number of hydrogen-bond acceptors (Lipinski definition) is 2. The molecule has 0 aromatic heterocycles. The van der Waals surface area contributed by atoms with E-state index in [9.17, 15) is 18.3 Å². The summed E-state index contributed by atoms with van der Waals surface area (Å²) in [4.78, 5) is 0. The van der Waals surface area contributed by atoms with Gasteiger partial charge in [0.25, 0.3) is 0 Å². The van der Waals surface area contributed by atoms with E-state index in [0.29, 0.717) is 25.0 Å². The van der Waals surface area contributed by atoms with E-state index in [1.54, 1.807) is 0 Å². The first-order valence-corrected chi connectivity index (χ1v) is 11.9. The number of phenols is 1. The van der Waals surface area contributed by atoms with Crippen molar-refractivity contribution in [2.45, 2.75) is 105 Å². The maximum Gasteiger partial charge on any atom is 0.412 e. The summed E-state index contributed by atoms with van der Waals surface area (Å²) in [5, 5.41) is 10.1. The van der Waals surface area contributed by atoms with Crippen LogP contribution >= 0.6 is 0 Å².